The summed E-state index contributed by atoms with van der Waals surface area (Å²) in [5, 5.41) is 8.69. The van der Waals surface area contributed by atoms with E-state index in [1.807, 2.05) is 0 Å². The van der Waals surface area contributed by atoms with Gasteiger partial charge in [0.1, 0.15) is 0 Å². The van der Waals surface area contributed by atoms with Crippen molar-refractivity contribution in [1.29, 1.82) is 0 Å². The maximum absolute atomic E-state index is 11.4. The van der Waals surface area contributed by atoms with E-state index in [4.69, 9.17) is 10.9 Å². The Bertz CT molecular complexity index is 495. The third kappa shape index (κ3) is 2.32. The molecule has 0 aliphatic rings. The second-order valence-corrected chi connectivity index (χ2v) is 4.59. The van der Waals surface area contributed by atoms with E-state index in [1.165, 1.54) is 12.1 Å². The summed E-state index contributed by atoms with van der Waals surface area (Å²) in [5.41, 5.74) is 0.326. The molecule has 6 nitrogen and oxygen atoms in total. The normalized spacial score (nSPS) is 11.3. The minimum absolute atomic E-state index is 0.102. The molecule has 0 bridgehead atoms. The van der Waals surface area contributed by atoms with Crippen molar-refractivity contribution in [3.05, 3.63) is 29.3 Å². The van der Waals surface area contributed by atoms with Crippen molar-refractivity contribution >= 4 is 16.0 Å². The number of hydrazine groups is 1. The maximum Gasteiger partial charge on any atom is 0.335 e. The Morgan fingerprint density at radius 1 is 1.47 bits per heavy atom. The van der Waals surface area contributed by atoms with Gasteiger partial charge in [-0.3, -0.25) is 5.84 Å². The Morgan fingerprint density at radius 2 is 2.07 bits per heavy atom. The summed E-state index contributed by atoms with van der Waals surface area (Å²) in [7, 11) is -3.82. The lowest BCUT2D eigenvalue weighted by atomic mass is 10.1. The molecule has 0 aliphatic heterocycles. The van der Waals surface area contributed by atoms with Crippen molar-refractivity contribution < 1.29 is 18.3 Å². The summed E-state index contributed by atoms with van der Waals surface area (Å²) >= 11 is 0. The van der Waals surface area contributed by atoms with Gasteiger partial charge in [0, 0.05) is 0 Å². The molecule has 1 rings (SSSR count). The first kappa shape index (κ1) is 11.6. The number of nitrogens with one attached hydrogen (secondary N) is 1. The van der Waals surface area contributed by atoms with E-state index < -0.39 is 16.0 Å². The van der Waals surface area contributed by atoms with Gasteiger partial charge in [0.15, 0.2) is 0 Å². The predicted molar refractivity (Wildman–Crippen MR) is 52.6 cm³/mol. The van der Waals surface area contributed by atoms with Crippen LogP contribution >= 0.6 is 0 Å². The number of sulfonamides is 1. The molecule has 1 aromatic rings. The molecule has 0 aliphatic carbocycles. The van der Waals surface area contributed by atoms with E-state index in [-0.39, 0.29) is 10.5 Å². The largest absolute Gasteiger partial charge is 0.478 e. The number of benzene rings is 1. The van der Waals surface area contributed by atoms with Gasteiger partial charge in [-0.25, -0.2) is 13.2 Å². The summed E-state index contributed by atoms with van der Waals surface area (Å²) < 4.78 is 22.7. The SMILES string of the molecule is Cc1ccc(C(=O)O)cc1S(=O)(=O)NN. The number of hydrogen-bond acceptors (Lipinski definition) is 4. The minimum atomic E-state index is -3.82. The first-order valence-corrected chi connectivity index (χ1v) is 5.43. The summed E-state index contributed by atoms with van der Waals surface area (Å²) in [4.78, 5) is 12.1. The molecule has 0 saturated carbocycles. The molecular formula is C8H10N2O4S. The molecule has 7 heteroatoms. The Balaban J connectivity index is 3.42. The van der Waals surface area contributed by atoms with E-state index >= 15 is 0 Å². The quantitative estimate of drug-likeness (QED) is 0.494. The van der Waals surface area contributed by atoms with Gasteiger partial charge in [0.05, 0.1) is 10.5 Å². The topological polar surface area (TPSA) is 109 Å². The van der Waals surface area contributed by atoms with Gasteiger partial charge >= 0.3 is 5.97 Å². The van der Waals surface area contributed by atoms with Crippen LogP contribution in [0.2, 0.25) is 0 Å². The highest BCUT2D eigenvalue weighted by Gasteiger charge is 2.17. The fraction of sp³-hybridized carbons (Fsp3) is 0.125. The molecular weight excluding hydrogens is 220 g/mol. The molecule has 0 spiro atoms. The van der Waals surface area contributed by atoms with Gasteiger partial charge in [-0.15, -0.1) is 0 Å². The molecule has 0 amide bonds. The number of hydrogen-bond donors (Lipinski definition) is 3. The Labute approximate surface area is 86.7 Å². The van der Waals surface area contributed by atoms with Crippen LogP contribution in [-0.4, -0.2) is 19.5 Å². The molecule has 0 fully saturated rings. The van der Waals surface area contributed by atoms with Crippen molar-refractivity contribution in [3.63, 3.8) is 0 Å². The first-order chi connectivity index (χ1) is 6.88. The molecule has 1 aromatic carbocycles. The summed E-state index contributed by atoms with van der Waals surface area (Å²) in [6.45, 7) is 1.55. The van der Waals surface area contributed by atoms with Gasteiger partial charge in [0.25, 0.3) is 10.0 Å². The zero-order valence-corrected chi connectivity index (χ0v) is 8.71. The van der Waals surface area contributed by atoms with Crippen molar-refractivity contribution in [1.82, 2.24) is 4.83 Å². The fourth-order valence-corrected chi connectivity index (χ4v) is 1.99. The van der Waals surface area contributed by atoms with Gasteiger partial charge in [-0.05, 0) is 24.6 Å². The van der Waals surface area contributed by atoms with Crippen LogP contribution in [0.1, 0.15) is 15.9 Å². The lowest BCUT2D eigenvalue weighted by Gasteiger charge is -2.06. The molecule has 0 unspecified atom stereocenters. The third-order valence-corrected chi connectivity index (χ3v) is 3.21. The number of carboxylic acids is 1. The highest BCUT2D eigenvalue weighted by Crippen LogP contribution is 2.16. The first-order valence-electron chi connectivity index (χ1n) is 3.95. The van der Waals surface area contributed by atoms with Gasteiger partial charge in [0.2, 0.25) is 0 Å². The Hall–Kier alpha value is -1.44. The monoisotopic (exact) mass is 230 g/mol. The summed E-state index contributed by atoms with van der Waals surface area (Å²) in [5.74, 6) is 3.66. The van der Waals surface area contributed by atoms with Crippen molar-refractivity contribution in [2.75, 3.05) is 0 Å². The van der Waals surface area contributed by atoms with Crippen LogP contribution in [0.5, 0.6) is 0 Å². The molecule has 0 atom stereocenters. The standard InChI is InChI=1S/C8H10N2O4S/c1-5-2-3-6(8(11)12)4-7(5)15(13,14)10-9/h2-4,10H,9H2,1H3,(H,11,12). The molecule has 0 heterocycles. The van der Waals surface area contributed by atoms with Crippen LogP contribution in [0.3, 0.4) is 0 Å². The zero-order chi connectivity index (χ0) is 11.6. The van der Waals surface area contributed by atoms with Crippen LogP contribution < -0.4 is 10.7 Å². The van der Waals surface area contributed by atoms with Gasteiger partial charge in [-0.1, -0.05) is 6.07 Å². The second-order valence-electron chi connectivity index (χ2n) is 2.91. The highest BCUT2D eigenvalue weighted by molar-refractivity contribution is 7.89. The Kier molecular flexibility index (Phi) is 3.08. The van der Waals surface area contributed by atoms with Crippen molar-refractivity contribution in [2.24, 2.45) is 5.84 Å². The highest BCUT2D eigenvalue weighted by atomic mass is 32.2. The molecule has 0 radical (unpaired) electrons. The molecule has 4 N–H and O–H groups in total. The van der Waals surface area contributed by atoms with Gasteiger partial charge in [-0.2, -0.15) is 4.83 Å². The number of aromatic carboxylic acids is 1. The fourth-order valence-electron chi connectivity index (χ4n) is 1.09. The van der Waals surface area contributed by atoms with Crippen LogP contribution in [-0.2, 0) is 10.0 Å². The molecule has 0 aromatic heterocycles. The van der Waals surface area contributed by atoms with Crippen molar-refractivity contribution in [3.8, 4) is 0 Å². The average Bonchev–Trinajstić information content (AvgIpc) is 2.17. The van der Waals surface area contributed by atoms with Crippen LogP contribution in [0.15, 0.2) is 23.1 Å². The van der Waals surface area contributed by atoms with E-state index in [1.54, 1.807) is 11.8 Å². The van der Waals surface area contributed by atoms with E-state index in [0.717, 1.165) is 6.07 Å². The van der Waals surface area contributed by atoms with Crippen LogP contribution in [0.4, 0.5) is 0 Å². The van der Waals surface area contributed by atoms with Crippen LogP contribution in [0.25, 0.3) is 0 Å². The van der Waals surface area contributed by atoms with E-state index in [2.05, 4.69) is 0 Å². The number of carbonyl (C=O) groups is 1. The lowest BCUT2D eigenvalue weighted by Crippen LogP contribution is -2.30. The number of carboxylic acid groups (broad SMARTS) is 1. The summed E-state index contributed by atoms with van der Waals surface area (Å²) in [6, 6.07) is 3.80. The minimum Gasteiger partial charge on any atom is -0.478 e. The van der Waals surface area contributed by atoms with Crippen molar-refractivity contribution in [2.45, 2.75) is 11.8 Å². The Morgan fingerprint density at radius 3 is 2.53 bits per heavy atom. The zero-order valence-electron chi connectivity index (χ0n) is 7.89. The predicted octanol–water partition coefficient (Wildman–Crippen LogP) is -0.155. The number of nitrogens with two attached hydrogens (primary N) is 1. The third-order valence-electron chi connectivity index (χ3n) is 1.88. The average molecular weight is 230 g/mol. The van der Waals surface area contributed by atoms with E-state index in [0.29, 0.717) is 5.56 Å². The molecule has 82 valence electrons. The maximum atomic E-state index is 11.4. The second kappa shape index (κ2) is 3.97. The molecule has 15 heavy (non-hydrogen) atoms. The van der Waals surface area contributed by atoms with E-state index in [9.17, 15) is 13.2 Å². The molecule has 0 saturated heterocycles. The smallest absolute Gasteiger partial charge is 0.335 e. The van der Waals surface area contributed by atoms with Crippen LogP contribution in [0, 0.1) is 6.92 Å². The van der Waals surface area contributed by atoms with Gasteiger partial charge < -0.3 is 5.11 Å². The lowest BCUT2D eigenvalue weighted by molar-refractivity contribution is 0.0696. The number of aryl methyl sites for hydroxylation is 1. The summed E-state index contributed by atoms with van der Waals surface area (Å²) in [6.07, 6.45) is 0. The number of rotatable bonds is 3.